The van der Waals surface area contributed by atoms with E-state index in [0.29, 0.717) is 11.3 Å². The zero-order valence-corrected chi connectivity index (χ0v) is 12.0. The van der Waals surface area contributed by atoms with Crippen LogP contribution in [0.1, 0.15) is 44.6 Å². The van der Waals surface area contributed by atoms with Crippen LogP contribution in [0, 0.1) is 0 Å². The Balaban J connectivity index is 2.05. The summed E-state index contributed by atoms with van der Waals surface area (Å²) >= 11 is 6.37. The van der Waals surface area contributed by atoms with Crippen LogP contribution in [0.4, 0.5) is 5.69 Å². The van der Waals surface area contributed by atoms with Crippen LogP contribution < -0.4 is 5.73 Å². The molecule has 1 aromatic carbocycles. The van der Waals surface area contributed by atoms with Crippen molar-refractivity contribution < 1.29 is 9.53 Å². The number of halogens is 1. The molecular weight excluding hydrogens is 262 g/mol. The molecule has 104 valence electrons. The summed E-state index contributed by atoms with van der Waals surface area (Å²) < 4.78 is 5.54. The molecule has 3 nitrogen and oxygen atoms in total. The lowest BCUT2D eigenvalue weighted by atomic mass is 9.96. The fourth-order valence-corrected chi connectivity index (χ4v) is 2.53. The van der Waals surface area contributed by atoms with Gasteiger partial charge in [0.05, 0.1) is 0 Å². The van der Waals surface area contributed by atoms with Gasteiger partial charge in [-0.3, -0.25) is 0 Å². The number of hydrogen-bond acceptors (Lipinski definition) is 3. The van der Waals surface area contributed by atoms with Crippen molar-refractivity contribution in [2.24, 2.45) is 0 Å². The highest BCUT2D eigenvalue weighted by Crippen LogP contribution is 2.32. The Morgan fingerprint density at radius 3 is 2.42 bits per heavy atom. The number of esters is 1. The van der Waals surface area contributed by atoms with Crippen LogP contribution in [-0.2, 0) is 14.4 Å². The van der Waals surface area contributed by atoms with E-state index in [-0.39, 0.29) is 12.1 Å². The Morgan fingerprint density at radius 2 is 1.84 bits per heavy atom. The molecule has 1 fully saturated rings. The Hall–Kier alpha value is -1.22. The number of ether oxygens (including phenoxy) is 1. The molecular formula is C15H20ClNO2. The van der Waals surface area contributed by atoms with Gasteiger partial charge in [-0.2, -0.15) is 0 Å². The third-order valence-corrected chi connectivity index (χ3v) is 4.03. The van der Waals surface area contributed by atoms with Crippen LogP contribution in [0.5, 0.6) is 0 Å². The van der Waals surface area contributed by atoms with E-state index in [1.54, 1.807) is 31.2 Å². The minimum Gasteiger partial charge on any atom is -0.461 e. The highest BCUT2D eigenvalue weighted by Gasteiger charge is 2.36. The maximum absolute atomic E-state index is 12.2. The van der Waals surface area contributed by atoms with Crippen molar-refractivity contribution in [1.82, 2.24) is 0 Å². The first-order valence-corrected chi connectivity index (χ1v) is 7.14. The Morgan fingerprint density at radius 1 is 1.26 bits per heavy atom. The molecule has 1 aliphatic carbocycles. The van der Waals surface area contributed by atoms with Crippen molar-refractivity contribution in [3.05, 3.63) is 29.8 Å². The molecule has 2 N–H and O–H groups in total. The number of anilines is 1. The zero-order valence-electron chi connectivity index (χ0n) is 11.2. The van der Waals surface area contributed by atoms with Gasteiger partial charge < -0.3 is 10.5 Å². The topological polar surface area (TPSA) is 52.3 Å². The molecule has 1 atom stereocenters. The highest BCUT2D eigenvalue weighted by atomic mass is 35.5. The largest absolute Gasteiger partial charge is 0.461 e. The van der Waals surface area contributed by atoms with Crippen LogP contribution >= 0.6 is 11.6 Å². The van der Waals surface area contributed by atoms with Gasteiger partial charge in [-0.1, -0.05) is 18.6 Å². The van der Waals surface area contributed by atoms with Crippen LogP contribution in [-0.4, -0.2) is 12.1 Å². The van der Waals surface area contributed by atoms with Gasteiger partial charge in [0.25, 0.3) is 0 Å². The lowest BCUT2D eigenvalue weighted by Crippen LogP contribution is -2.33. The summed E-state index contributed by atoms with van der Waals surface area (Å²) in [6.07, 6.45) is 5.39. The van der Waals surface area contributed by atoms with Gasteiger partial charge >= 0.3 is 5.97 Å². The monoisotopic (exact) mass is 281 g/mol. The van der Waals surface area contributed by atoms with Gasteiger partial charge in [-0.15, -0.1) is 11.6 Å². The Bertz CT molecular complexity index is 436. The summed E-state index contributed by atoms with van der Waals surface area (Å²) in [5, 5.41) is 0. The molecule has 2 rings (SSSR count). The SMILES string of the molecule is CC(Cl)(C(=O)OC1CCCCC1)c1ccc(N)cc1. The maximum atomic E-state index is 12.2. The molecule has 0 spiro atoms. The highest BCUT2D eigenvalue weighted by molar-refractivity contribution is 6.33. The summed E-state index contributed by atoms with van der Waals surface area (Å²) in [7, 11) is 0. The van der Waals surface area contributed by atoms with Crippen molar-refractivity contribution >= 4 is 23.3 Å². The predicted octanol–water partition coefficient (Wildman–Crippen LogP) is 3.60. The minimum atomic E-state index is -1.15. The number of carbonyl (C=O) groups is 1. The third-order valence-electron chi connectivity index (χ3n) is 3.66. The van der Waals surface area contributed by atoms with Crippen molar-refractivity contribution in [1.29, 1.82) is 0 Å². The summed E-state index contributed by atoms with van der Waals surface area (Å²) in [6, 6.07) is 7.02. The molecule has 0 amide bonds. The molecule has 4 heteroatoms. The molecule has 0 aromatic heterocycles. The van der Waals surface area contributed by atoms with E-state index < -0.39 is 4.87 Å². The fourth-order valence-electron chi connectivity index (χ4n) is 2.36. The van der Waals surface area contributed by atoms with E-state index >= 15 is 0 Å². The van der Waals surface area contributed by atoms with Crippen LogP contribution in [0.15, 0.2) is 24.3 Å². The molecule has 0 saturated heterocycles. The summed E-state index contributed by atoms with van der Waals surface area (Å²) in [5.74, 6) is -0.370. The first-order chi connectivity index (χ1) is 9.00. The van der Waals surface area contributed by atoms with E-state index in [4.69, 9.17) is 22.1 Å². The fraction of sp³-hybridized carbons (Fsp3) is 0.533. The summed E-state index contributed by atoms with van der Waals surface area (Å²) in [4.78, 5) is 11.1. The number of nitrogen functional groups attached to an aromatic ring is 1. The lowest BCUT2D eigenvalue weighted by Gasteiger charge is -2.27. The minimum absolute atomic E-state index is 0.0214. The smallest absolute Gasteiger partial charge is 0.331 e. The van der Waals surface area contributed by atoms with Crippen LogP contribution in [0.3, 0.4) is 0 Å². The Labute approximate surface area is 119 Å². The normalized spacial score (nSPS) is 19.7. The second kappa shape index (κ2) is 5.83. The molecule has 0 radical (unpaired) electrons. The molecule has 19 heavy (non-hydrogen) atoms. The molecule has 0 aliphatic heterocycles. The number of alkyl halides is 1. The molecule has 0 bridgehead atoms. The number of benzene rings is 1. The van der Waals surface area contributed by atoms with Crippen LogP contribution in [0.2, 0.25) is 0 Å². The first-order valence-electron chi connectivity index (χ1n) is 6.76. The second-order valence-corrected chi connectivity index (χ2v) is 6.05. The van der Waals surface area contributed by atoms with E-state index in [2.05, 4.69) is 0 Å². The Kier molecular flexibility index (Phi) is 4.35. The number of carbonyl (C=O) groups excluding carboxylic acids is 1. The second-order valence-electron chi connectivity index (χ2n) is 5.29. The number of hydrogen-bond donors (Lipinski definition) is 1. The van der Waals surface area contributed by atoms with Gasteiger partial charge in [-0.05, 0) is 50.3 Å². The van der Waals surface area contributed by atoms with E-state index in [9.17, 15) is 4.79 Å². The van der Waals surface area contributed by atoms with Gasteiger partial charge in [0.1, 0.15) is 6.10 Å². The van der Waals surface area contributed by atoms with Crippen molar-refractivity contribution in [3.8, 4) is 0 Å². The van der Waals surface area contributed by atoms with Gasteiger partial charge in [0.2, 0.25) is 0 Å². The standard InChI is InChI=1S/C15H20ClNO2/c1-15(16,11-7-9-12(17)10-8-11)14(18)19-13-5-3-2-4-6-13/h7-10,13H,2-6,17H2,1H3. The summed E-state index contributed by atoms with van der Waals surface area (Å²) in [5.41, 5.74) is 7.00. The summed E-state index contributed by atoms with van der Waals surface area (Å²) in [6.45, 7) is 1.67. The maximum Gasteiger partial charge on any atom is 0.331 e. The van der Waals surface area contributed by atoms with E-state index in [1.165, 1.54) is 6.42 Å². The van der Waals surface area contributed by atoms with Crippen molar-refractivity contribution in [2.45, 2.75) is 50.0 Å². The average molecular weight is 282 g/mol. The van der Waals surface area contributed by atoms with Crippen LogP contribution in [0.25, 0.3) is 0 Å². The molecule has 1 unspecified atom stereocenters. The van der Waals surface area contributed by atoms with Gasteiger partial charge in [0.15, 0.2) is 4.87 Å². The first kappa shape index (κ1) is 14.2. The van der Waals surface area contributed by atoms with Crippen molar-refractivity contribution in [2.75, 3.05) is 5.73 Å². The van der Waals surface area contributed by atoms with E-state index in [1.807, 2.05) is 0 Å². The van der Waals surface area contributed by atoms with Gasteiger partial charge in [0, 0.05) is 5.69 Å². The molecule has 1 aromatic rings. The van der Waals surface area contributed by atoms with Gasteiger partial charge in [-0.25, -0.2) is 4.79 Å². The number of nitrogens with two attached hydrogens (primary N) is 1. The zero-order chi connectivity index (χ0) is 13.9. The van der Waals surface area contributed by atoms with Crippen molar-refractivity contribution in [3.63, 3.8) is 0 Å². The number of rotatable bonds is 3. The molecule has 1 saturated carbocycles. The average Bonchev–Trinajstić information content (AvgIpc) is 2.40. The predicted molar refractivity (Wildman–Crippen MR) is 77.0 cm³/mol. The lowest BCUT2D eigenvalue weighted by molar-refractivity contribution is -0.153. The quantitative estimate of drug-likeness (QED) is 0.523. The van der Waals surface area contributed by atoms with E-state index in [0.717, 1.165) is 25.7 Å². The molecule has 1 aliphatic rings. The molecule has 0 heterocycles. The third kappa shape index (κ3) is 3.41.